The number of hydrogen-bond donors (Lipinski definition) is 1. The molecule has 0 atom stereocenters. The number of hydrogen-bond acceptors (Lipinski definition) is 5. The molecule has 4 aromatic rings. The average molecular weight is 421 g/mol. The highest BCUT2D eigenvalue weighted by atomic mass is 35.5. The van der Waals surface area contributed by atoms with Gasteiger partial charge in [0.2, 0.25) is 5.88 Å². The van der Waals surface area contributed by atoms with Crippen LogP contribution in [0.1, 0.15) is 10.4 Å². The van der Waals surface area contributed by atoms with Gasteiger partial charge >= 0.3 is 0 Å². The zero-order chi connectivity index (χ0) is 20.9. The molecule has 2 heterocycles. The number of aromatic nitrogens is 3. The van der Waals surface area contributed by atoms with Crippen molar-refractivity contribution < 1.29 is 14.3 Å². The highest BCUT2D eigenvalue weighted by molar-refractivity contribution is 6.34. The van der Waals surface area contributed by atoms with Crippen molar-refractivity contribution in [1.29, 1.82) is 0 Å². The molecule has 0 aliphatic carbocycles. The van der Waals surface area contributed by atoms with Crippen molar-refractivity contribution in [3.8, 4) is 23.1 Å². The number of ether oxygens (including phenoxy) is 2. The average Bonchev–Trinajstić information content (AvgIpc) is 3.31. The number of nitrogens with one attached hydrogen (secondary N) is 1. The van der Waals surface area contributed by atoms with Crippen LogP contribution in [0.15, 0.2) is 79.3 Å². The Bertz CT molecular complexity index is 1160. The maximum Gasteiger partial charge on any atom is 0.257 e. The lowest BCUT2D eigenvalue weighted by molar-refractivity contribution is 0.102. The van der Waals surface area contributed by atoms with Crippen molar-refractivity contribution in [1.82, 2.24) is 14.8 Å². The van der Waals surface area contributed by atoms with Gasteiger partial charge in [-0.3, -0.25) is 4.79 Å². The second-order valence-corrected chi connectivity index (χ2v) is 6.61. The number of anilines is 1. The molecule has 2 aromatic heterocycles. The predicted molar refractivity (Wildman–Crippen MR) is 114 cm³/mol. The Kier molecular flexibility index (Phi) is 5.63. The summed E-state index contributed by atoms with van der Waals surface area (Å²) in [6, 6.07) is 17.6. The van der Waals surface area contributed by atoms with Crippen LogP contribution in [0.3, 0.4) is 0 Å². The number of nitrogens with zero attached hydrogens (tertiary/aromatic N) is 3. The molecular weight excluding hydrogens is 404 g/mol. The molecule has 2 aromatic carbocycles. The summed E-state index contributed by atoms with van der Waals surface area (Å²) in [5, 5.41) is 7.30. The van der Waals surface area contributed by atoms with Crippen LogP contribution in [0.5, 0.6) is 17.4 Å². The minimum Gasteiger partial charge on any atom is -0.493 e. The van der Waals surface area contributed by atoms with Gasteiger partial charge in [-0.25, -0.2) is 9.67 Å². The number of pyridine rings is 1. The smallest absolute Gasteiger partial charge is 0.257 e. The number of para-hydroxylation sites is 2. The number of amides is 1. The van der Waals surface area contributed by atoms with Crippen molar-refractivity contribution in [2.24, 2.45) is 0 Å². The number of carbonyl (C=O) groups is 1. The van der Waals surface area contributed by atoms with Gasteiger partial charge in [-0.1, -0.05) is 23.7 Å². The van der Waals surface area contributed by atoms with Gasteiger partial charge in [-0.15, -0.1) is 0 Å². The Morgan fingerprint density at radius 2 is 1.90 bits per heavy atom. The number of benzene rings is 2. The van der Waals surface area contributed by atoms with Crippen molar-refractivity contribution >= 4 is 23.2 Å². The summed E-state index contributed by atoms with van der Waals surface area (Å²) in [6.45, 7) is 0. The first-order valence-electron chi connectivity index (χ1n) is 9.02. The number of carbonyl (C=O) groups excluding carboxylic acids is 1. The lowest BCUT2D eigenvalue weighted by Crippen LogP contribution is -2.13. The van der Waals surface area contributed by atoms with Crippen LogP contribution < -0.4 is 14.8 Å². The molecular formula is C22H17ClN4O3. The Labute approximate surface area is 177 Å². The van der Waals surface area contributed by atoms with Gasteiger partial charge < -0.3 is 14.8 Å². The van der Waals surface area contributed by atoms with Gasteiger partial charge in [0.15, 0.2) is 11.5 Å². The maximum atomic E-state index is 12.7. The zero-order valence-corrected chi connectivity index (χ0v) is 16.7. The quantitative estimate of drug-likeness (QED) is 0.476. The molecule has 0 fully saturated rings. The molecule has 150 valence electrons. The highest BCUT2D eigenvalue weighted by Crippen LogP contribution is 2.30. The normalized spacial score (nSPS) is 10.5. The molecule has 0 unspecified atom stereocenters. The minimum atomic E-state index is -0.353. The zero-order valence-electron chi connectivity index (χ0n) is 15.9. The van der Waals surface area contributed by atoms with Gasteiger partial charge in [0.1, 0.15) is 0 Å². The van der Waals surface area contributed by atoms with Crippen LogP contribution in [0, 0.1) is 0 Å². The van der Waals surface area contributed by atoms with Gasteiger partial charge in [0.05, 0.1) is 35.3 Å². The lowest BCUT2D eigenvalue weighted by atomic mass is 10.2. The molecule has 4 rings (SSSR count). The van der Waals surface area contributed by atoms with Gasteiger partial charge in [0.25, 0.3) is 5.91 Å². The fourth-order valence-corrected chi connectivity index (χ4v) is 2.98. The van der Waals surface area contributed by atoms with E-state index in [2.05, 4.69) is 15.4 Å². The predicted octanol–water partition coefficient (Wildman–Crippen LogP) is 4.97. The lowest BCUT2D eigenvalue weighted by Gasteiger charge is -2.11. The van der Waals surface area contributed by atoms with E-state index < -0.39 is 0 Å². The second-order valence-electron chi connectivity index (χ2n) is 6.21. The molecule has 0 bridgehead atoms. The fraction of sp³-hybridized carbons (Fsp3) is 0.0455. The highest BCUT2D eigenvalue weighted by Gasteiger charge is 2.13. The molecule has 0 radical (unpaired) electrons. The monoisotopic (exact) mass is 420 g/mol. The van der Waals surface area contributed by atoms with E-state index in [1.807, 2.05) is 12.1 Å². The van der Waals surface area contributed by atoms with Crippen molar-refractivity contribution in [3.05, 3.63) is 89.8 Å². The van der Waals surface area contributed by atoms with E-state index in [4.69, 9.17) is 21.1 Å². The topological polar surface area (TPSA) is 78.3 Å². The van der Waals surface area contributed by atoms with Crippen molar-refractivity contribution in [3.63, 3.8) is 0 Å². The molecule has 0 aliphatic heterocycles. The Hall–Kier alpha value is -3.84. The van der Waals surface area contributed by atoms with Crippen LogP contribution in [-0.2, 0) is 0 Å². The standard InChI is InChI=1S/C22H17ClN4O3/c1-29-19-5-2-3-6-20(19)30-21-10-7-15(14-24-21)26-22(28)17-13-16(8-9-18(17)23)27-12-4-11-25-27/h2-14H,1H3,(H,26,28). The summed E-state index contributed by atoms with van der Waals surface area (Å²) in [4.78, 5) is 17.0. The van der Waals surface area contributed by atoms with E-state index in [1.54, 1.807) is 72.7 Å². The van der Waals surface area contributed by atoms with Crippen LogP contribution in [0.2, 0.25) is 5.02 Å². The van der Waals surface area contributed by atoms with E-state index in [1.165, 1.54) is 6.20 Å². The number of rotatable bonds is 6. The van der Waals surface area contributed by atoms with E-state index in [9.17, 15) is 4.79 Å². The van der Waals surface area contributed by atoms with Gasteiger partial charge in [-0.2, -0.15) is 5.10 Å². The van der Waals surface area contributed by atoms with Crippen LogP contribution >= 0.6 is 11.6 Å². The molecule has 8 heteroatoms. The molecule has 1 N–H and O–H groups in total. The van der Waals surface area contributed by atoms with Crippen LogP contribution in [-0.4, -0.2) is 27.8 Å². The van der Waals surface area contributed by atoms with Gasteiger partial charge in [0, 0.05) is 18.5 Å². The third kappa shape index (κ3) is 4.26. The summed E-state index contributed by atoms with van der Waals surface area (Å²) in [6.07, 6.45) is 4.96. The summed E-state index contributed by atoms with van der Waals surface area (Å²) in [7, 11) is 1.57. The Morgan fingerprint density at radius 1 is 1.07 bits per heavy atom. The van der Waals surface area contributed by atoms with Crippen molar-refractivity contribution in [2.45, 2.75) is 0 Å². The largest absolute Gasteiger partial charge is 0.493 e. The number of methoxy groups -OCH3 is 1. The molecule has 0 saturated carbocycles. The minimum absolute atomic E-state index is 0.332. The third-order valence-corrected chi connectivity index (χ3v) is 4.57. The molecule has 0 saturated heterocycles. The van der Waals surface area contributed by atoms with E-state index in [0.29, 0.717) is 33.7 Å². The molecule has 0 aliphatic rings. The first-order chi connectivity index (χ1) is 14.6. The van der Waals surface area contributed by atoms with E-state index >= 15 is 0 Å². The van der Waals surface area contributed by atoms with E-state index in [-0.39, 0.29) is 5.91 Å². The van der Waals surface area contributed by atoms with Gasteiger partial charge in [-0.05, 0) is 42.5 Å². The molecule has 30 heavy (non-hydrogen) atoms. The summed E-state index contributed by atoms with van der Waals surface area (Å²) >= 11 is 6.22. The molecule has 0 spiro atoms. The first-order valence-corrected chi connectivity index (χ1v) is 9.39. The molecule has 1 amide bonds. The first kappa shape index (κ1) is 19.5. The van der Waals surface area contributed by atoms with Crippen molar-refractivity contribution in [2.75, 3.05) is 12.4 Å². The Morgan fingerprint density at radius 3 is 2.60 bits per heavy atom. The SMILES string of the molecule is COc1ccccc1Oc1ccc(NC(=O)c2cc(-n3cccn3)ccc2Cl)cn1. The summed E-state index contributed by atoms with van der Waals surface area (Å²) in [5.74, 6) is 1.17. The summed E-state index contributed by atoms with van der Waals surface area (Å²) < 4.78 is 12.7. The summed E-state index contributed by atoms with van der Waals surface area (Å²) in [5.41, 5.74) is 1.57. The third-order valence-electron chi connectivity index (χ3n) is 4.24. The Balaban J connectivity index is 1.48. The van der Waals surface area contributed by atoms with Crippen LogP contribution in [0.4, 0.5) is 5.69 Å². The van der Waals surface area contributed by atoms with Crippen LogP contribution in [0.25, 0.3) is 5.69 Å². The number of halogens is 1. The second kappa shape index (κ2) is 8.67. The molecule has 7 nitrogen and oxygen atoms in total. The van der Waals surface area contributed by atoms with E-state index in [0.717, 1.165) is 5.69 Å². The maximum absolute atomic E-state index is 12.7. The fourth-order valence-electron chi connectivity index (χ4n) is 2.78.